The zero-order chi connectivity index (χ0) is 27.4. The number of aromatic nitrogens is 5. The molecule has 0 bridgehead atoms. The highest BCUT2D eigenvalue weighted by Gasteiger charge is 2.34. The quantitative estimate of drug-likeness (QED) is 0.241. The van der Waals surface area contributed by atoms with Crippen molar-refractivity contribution >= 4 is 40.2 Å². The number of hydrogen-bond donors (Lipinski definition) is 1. The minimum atomic E-state index is 0.118. The van der Waals surface area contributed by atoms with Crippen LogP contribution in [0.4, 0.5) is 10.9 Å². The molecule has 4 aromatic heterocycles. The SMILES string of the molecule is CC(=O)N1C(C)CCC1CC(C)c1nsc(Nc2ncc(Sc3ccccn3)cc2Oc2cccnc2C)n1. The zero-order valence-electron chi connectivity index (χ0n) is 22.4. The fraction of sp³-hybridized carbons (Fsp3) is 0.357. The molecule has 0 radical (unpaired) electrons. The van der Waals surface area contributed by atoms with E-state index in [1.54, 1.807) is 25.5 Å². The molecule has 9 nitrogen and oxygen atoms in total. The molecule has 202 valence electrons. The molecule has 5 heterocycles. The van der Waals surface area contributed by atoms with Crippen LogP contribution in [0.25, 0.3) is 0 Å². The summed E-state index contributed by atoms with van der Waals surface area (Å²) in [6, 6.07) is 12.0. The summed E-state index contributed by atoms with van der Waals surface area (Å²) in [6.45, 7) is 7.80. The number of aryl methyl sites for hydroxylation is 1. The number of rotatable bonds is 9. The minimum Gasteiger partial charge on any atom is -0.452 e. The van der Waals surface area contributed by atoms with Crippen molar-refractivity contribution in [3.8, 4) is 11.5 Å². The van der Waals surface area contributed by atoms with E-state index in [-0.39, 0.29) is 23.9 Å². The molecule has 11 heteroatoms. The van der Waals surface area contributed by atoms with Gasteiger partial charge in [-0.3, -0.25) is 9.78 Å². The molecule has 1 amide bonds. The van der Waals surface area contributed by atoms with Gasteiger partial charge in [0.25, 0.3) is 0 Å². The van der Waals surface area contributed by atoms with Crippen LogP contribution >= 0.6 is 23.3 Å². The normalized spacial score (nSPS) is 17.7. The third kappa shape index (κ3) is 6.54. The molecule has 0 spiro atoms. The van der Waals surface area contributed by atoms with Gasteiger partial charge in [-0.25, -0.2) is 15.0 Å². The van der Waals surface area contributed by atoms with Crippen LogP contribution in [0.3, 0.4) is 0 Å². The van der Waals surface area contributed by atoms with Gasteiger partial charge in [0.1, 0.15) is 16.6 Å². The molecule has 0 aliphatic carbocycles. The first-order chi connectivity index (χ1) is 18.9. The Balaban J connectivity index is 1.35. The largest absolute Gasteiger partial charge is 0.452 e. The predicted molar refractivity (Wildman–Crippen MR) is 153 cm³/mol. The Morgan fingerprint density at radius 2 is 2.03 bits per heavy atom. The van der Waals surface area contributed by atoms with Crippen LogP contribution < -0.4 is 10.1 Å². The Bertz CT molecular complexity index is 1430. The van der Waals surface area contributed by atoms with Gasteiger partial charge in [0.2, 0.25) is 11.0 Å². The Kier molecular flexibility index (Phi) is 8.37. The van der Waals surface area contributed by atoms with Crippen molar-refractivity contribution in [3.63, 3.8) is 0 Å². The van der Waals surface area contributed by atoms with Crippen LogP contribution in [0.15, 0.2) is 64.9 Å². The van der Waals surface area contributed by atoms with Gasteiger partial charge in [-0.15, -0.1) is 0 Å². The maximum absolute atomic E-state index is 12.2. The number of carbonyl (C=O) groups excluding carboxylic acids is 1. The van der Waals surface area contributed by atoms with Crippen LogP contribution in [-0.4, -0.2) is 47.2 Å². The second kappa shape index (κ2) is 12.1. The zero-order valence-corrected chi connectivity index (χ0v) is 24.0. The van der Waals surface area contributed by atoms with Gasteiger partial charge >= 0.3 is 0 Å². The van der Waals surface area contributed by atoms with Crippen molar-refractivity contribution in [2.75, 3.05) is 5.32 Å². The van der Waals surface area contributed by atoms with Crippen molar-refractivity contribution in [3.05, 3.63) is 66.5 Å². The average molecular weight is 562 g/mol. The Hall–Kier alpha value is -3.57. The Morgan fingerprint density at radius 1 is 1.18 bits per heavy atom. The number of likely N-dealkylation sites (tertiary alicyclic amines) is 1. The number of nitrogens with zero attached hydrogens (tertiary/aromatic N) is 6. The molecule has 1 saturated heterocycles. The lowest BCUT2D eigenvalue weighted by Crippen LogP contribution is -2.39. The fourth-order valence-electron chi connectivity index (χ4n) is 4.85. The van der Waals surface area contributed by atoms with E-state index in [2.05, 4.69) is 38.5 Å². The Labute approximate surface area is 236 Å². The summed E-state index contributed by atoms with van der Waals surface area (Å²) in [5.41, 5.74) is 0.777. The van der Waals surface area contributed by atoms with Crippen LogP contribution in [0.5, 0.6) is 11.5 Å². The number of carbonyl (C=O) groups is 1. The third-order valence-electron chi connectivity index (χ3n) is 6.75. The van der Waals surface area contributed by atoms with Crippen molar-refractivity contribution in [2.24, 2.45) is 0 Å². The van der Waals surface area contributed by atoms with Gasteiger partial charge in [0.15, 0.2) is 11.6 Å². The highest BCUT2D eigenvalue weighted by Crippen LogP contribution is 2.37. The van der Waals surface area contributed by atoms with Gasteiger partial charge in [0.05, 0.1) is 5.69 Å². The highest BCUT2D eigenvalue weighted by molar-refractivity contribution is 7.99. The first-order valence-corrected chi connectivity index (χ1v) is 14.5. The molecule has 0 aromatic carbocycles. The van der Waals surface area contributed by atoms with Crippen LogP contribution in [0.2, 0.25) is 0 Å². The molecule has 0 saturated carbocycles. The van der Waals surface area contributed by atoms with E-state index in [0.717, 1.165) is 40.7 Å². The van der Waals surface area contributed by atoms with E-state index >= 15 is 0 Å². The molecule has 3 unspecified atom stereocenters. The van der Waals surface area contributed by atoms with E-state index in [9.17, 15) is 4.79 Å². The van der Waals surface area contributed by atoms with E-state index in [0.29, 0.717) is 22.4 Å². The van der Waals surface area contributed by atoms with Gasteiger partial charge in [-0.2, -0.15) is 4.37 Å². The summed E-state index contributed by atoms with van der Waals surface area (Å²) in [5, 5.41) is 4.80. The van der Waals surface area contributed by atoms with Crippen LogP contribution in [0, 0.1) is 6.92 Å². The minimum absolute atomic E-state index is 0.118. The summed E-state index contributed by atoms with van der Waals surface area (Å²) in [4.78, 5) is 33.2. The summed E-state index contributed by atoms with van der Waals surface area (Å²) >= 11 is 2.79. The van der Waals surface area contributed by atoms with Crippen LogP contribution in [0.1, 0.15) is 57.5 Å². The number of nitrogens with one attached hydrogen (secondary N) is 1. The average Bonchev–Trinajstić information content (AvgIpc) is 3.54. The number of anilines is 2. The van der Waals surface area contributed by atoms with Gasteiger partial charge in [-0.05, 0) is 57.4 Å². The van der Waals surface area contributed by atoms with Crippen molar-refractivity contribution < 1.29 is 9.53 Å². The molecule has 1 fully saturated rings. The first kappa shape index (κ1) is 27.0. The standard InChI is InChI=1S/C28H31N7O2S2/c1-17(14-21-11-10-18(2)35(21)20(4)36)26-32-28(39-34-26)33-27-24(37-23-8-7-13-29-19(23)3)15-22(16-31-27)38-25-9-5-6-12-30-25/h5-9,12-13,15-18,21H,10-11,14H2,1-4H3,(H,31,32,33,34). The molecule has 4 aromatic rings. The molecule has 39 heavy (non-hydrogen) atoms. The lowest BCUT2D eigenvalue weighted by Gasteiger charge is -2.28. The molecular weight excluding hydrogens is 530 g/mol. The monoisotopic (exact) mass is 561 g/mol. The molecule has 1 aliphatic rings. The molecule has 5 rings (SSSR count). The summed E-state index contributed by atoms with van der Waals surface area (Å²) in [7, 11) is 0. The Morgan fingerprint density at radius 3 is 2.79 bits per heavy atom. The lowest BCUT2D eigenvalue weighted by molar-refractivity contribution is -0.131. The van der Waals surface area contributed by atoms with Gasteiger partial charge in [-0.1, -0.05) is 24.8 Å². The maximum atomic E-state index is 12.2. The molecule has 1 aliphatic heterocycles. The van der Waals surface area contributed by atoms with E-state index in [1.807, 2.05) is 48.2 Å². The number of ether oxygens (including phenoxy) is 1. The summed E-state index contributed by atoms with van der Waals surface area (Å²) in [5.74, 6) is 2.75. The second-order valence-electron chi connectivity index (χ2n) is 9.70. The second-order valence-corrected chi connectivity index (χ2v) is 11.5. The van der Waals surface area contributed by atoms with E-state index in [4.69, 9.17) is 9.72 Å². The fourth-order valence-corrected chi connectivity index (χ4v) is 6.30. The van der Waals surface area contributed by atoms with Crippen molar-refractivity contribution in [2.45, 2.75) is 74.9 Å². The predicted octanol–water partition coefficient (Wildman–Crippen LogP) is 6.61. The summed E-state index contributed by atoms with van der Waals surface area (Å²) in [6.07, 6.45) is 8.17. The van der Waals surface area contributed by atoms with Crippen LogP contribution in [-0.2, 0) is 4.79 Å². The van der Waals surface area contributed by atoms with E-state index < -0.39 is 0 Å². The number of hydrogen-bond acceptors (Lipinski definition) is 10. The number of pyridine rings is 3. The summed E-state index contributed by atoms with van der Waals surface area (Å²) < 4.78 is 10.9. The van der Waals surface area contributed by atoms with Crippen molar-refractivity contribution in [1.29, 1.82) is 0 Å². The third-order valence-corrected chi connectivity index (χ3v) is 8.30. The van der Waals surface area contributed by atoms with E-state index in [1.165, 1.54) is 23.3 Å². The van der Waals surface area contributed by atoms with Gasteiger partial charge < -0.3 is 15.0 Å². The highest BCUT2D eigenvalue weighted by atomic mass is 32.2. The molecule has 3 atom stereocenters. The maximum Gasteiger partial charge on any atom is 0.219 e. The molecular formula is C28H31N7O2S2. The first-order valence-electron chi connectivity index (χ1n) is 12.9. The topological polar surface area (TPSA) is 106 Å². The number of amides is 1. The lowest BCUT2D eigenvalue weighted by atomic mass is 9.99. The van der Waals surface area contributed by atoms with Crippen molar-refractivity contribution in [1.82, 2.24) is 29.2 Å². The smallest absolute Gasteiger partial charge is 0.219 e. The van der Waals surface area contributed by atoms with Gasteiger partial charge in [0, 0.05) is 66.0 Å². The molecule has 1 N–H and O–H groups in total.